The van der Waals surface area contributed by atoms with Crippen LogP contribution < -0.4 is 0 Å². The van der Waals surface area contributed by atoms with Gasteiger partial charge >= 0.3 is 47.8 Å². The smallest absolute Gasteiger partial charge is 0.330 e. The van der Waals surface area contributed by atoms with Crippen molar-refractivity contribution in [3.63, 3.8) is 0 Å². The zero-order valence-corrected chi connectivity index (χ0v) is 36.2. The Morgan fingerprint density at radius 1 is 0.274 bits per heavy atom. The van der Waals surface area contributed by atoms with E-state index in [1.165, 1.54) is 0 Å². The van der Waals surface area contributed by atoms with Crippen LogP contribution in [-0.4, -0.2) is 101 Å². The highest BCUT2D eigenvalue weighted by Crippen LogP contribution is 2.24. The van der Waals surface area contributed by atoms with Crippen molar-refractivity contribution in [3.8, 4) is 0 Å². The summed E-state index contributed by atoms with van der Waals surface area (Å²) in [7, 11) is 0. The zero-order valence-electron chi connectivity index (χ0n) is 36.2. The van der Waals surface area contributed by atoms with Crippen LogP contribution in [0, 0.1) is 10.8 Å². The number of hydrogen-bond donors (Lipinski definition) is 0. The maximum Gasteiger partial charge on any atom is 0.330 e. The first-order valence-corrected chi connectivity index (χ1v) is 20.8. The van der Waals surface area contributed by atoms with E-state index < -0.39 is 58.6 Å². The summed E-state index contributed by atoms with van der Waals surface area (Å²) >= 11 is 0. The Morgan fingerprint density at radius 2 is 0.435 bits per heavy atom. The second-order valence-electron chi connectivity index (χ2n) is 14.6. The van der Waals surface area contributed by atoms with Gasteiger partial charge in [-0.3, -0.25) is 9.59 Å². The maximum atomic E-state index is 12.6. The molecular formula is C46H66O16. The van der Waals surface area contributed by atoms with E-state index in [-0.39, 0.29) is 65.7 Å². The fourth-order valence-electron chi connectivity index (χ4n) is 5.47. The Labute approximate surface area is 365 Å². The lowest BCUT2D eigenvalue weighted by atomic mass is 9.92. The van der Waals surface area contributed by atoms with Crippen LogP contribution in [0.4, 0.5) is 0 Å². The molecule has 0 bridgehead atoms. The molecule has 0 fully saturated rings. The molecule has 0 heterocycles. The number of rotatable bonds is 39. The predicted molar refractivity (Wildman–Crippen MR) is 228 cm³/mol. The molecule has 0 rings (SSSR count). The normalized spacial score (nSPS) is 10.8. The van der Waals surface area contributed by atoms with Crippen molar-refractivity contribution in [1.29, 1.82) is 0 Å². The lowest BCUT2D eigenvalue weighted by molar-refractivity contribution is -0.169. The summed E-state index contributed by atoms with van der Waals surface area (Å²) in [6.07, 6.45) is 19.7. The van der Waals surface area contributed by atoms with Crippen molar-refractivity contribution in [2.45, 2.75) is 103 Å². The summed E-state index contributed by atoms with van der Waals surface area (Å²) in [4.78, 5) is 95.6. The molecule has 0 amide bonds. The van der Waals surface area contributed by atoms with E-state index in [1.54, 1.807) is 0 Å². The SMILES string of the molecule is C=CC(=O)OCC(COC(=O)C=C)(COC(=O)C=C)COC(=O)CCCCCCCCCCCCCCCCC(=O)OCC(COC(=O)C=C)(COC(=O)C=C)COC(=O)C=C. The monoisotopic (exact) mass is 874 g/mol. The van der Waals surface area contributed by atoms with Gasteiger partial charge in [0.2, 0.25) is 0 Å². The van der Waals surface area contributed by atoms with Crippen molar-refractivity contribution in [2.24, 2.45) is 10.8 Å². The van der Waals surface area contributed by atoms with E-state index >= 15 is 0 Å². The molecule has 16 nitrogen and oxygen atoms in total. The topological polar surface area (TPSA) is 210 Å². The fourth-order valence-corrected chi connectivity index (χ4v) is 5.47. The van der Waals surface area contributed by atoms with Crippen LogP contribution in [-0.2, 0) is 76.3 Å². The lowest BCUT2D eigenvalue weighted by Crippen LogP contribution is -2.43. The van der Waals surface area contributed by atoms with E-state index in [0.717, 1.165) is 114 Å². The number of unbranched alkanes of at least 4 members (excludes halogenated alkanes) is 13. The molecule has 346 valence electrons. The molecule has 0 aromatic rings. The molecule has 0 radical (unpaired) electrons. The van der Waals surface area contributed by atoms with Crippen LogP contribution in [0.1, 0.15) is 103 Å². The molecule has 62 heavy (non-hydrogen) atoms. The van der Waals surface area contributed by atoms with Gasteiger partial charge in [-0.25, -0.2) is 28.8 Å². The molecule has 0 aromatic heterocycles. The molecule has 0 saturated heterocycles. The van der Waals surface area contributed by atoms with Crippen molar-refractivity contribution < 1.29 is 76.3 Å². The molecule has 0 aliphatic carbocycles. The van der Waals surface area contributed by atoms with Crippen LogP contribution in [0.15, 0.2) is 75.9 Å². The Hall–Kier alpha value is -5.80. The van der Waals surface area contributed by atoms with E-state index in [2.05, 4.69) is 39.5 Å². The molecular weight excluding hydrogens is 808 g/mol. The molecule has 0 aromatic carbocycles. The third-order valence-corrected chi connectivity index (χ3v) is 9.21. The van der Waals surface area contributed by atoms with Gasteiger partial charge in [0, 0.05) is 49.3 Å². The van der Waals surface area contributed by atoms with Gasteiger partial charge in [0.25, 0.3) is 0 Å². The molecule has 0 N–H and O–H groups in total. The second-order valence-corrected chi connectivity index (χ2v) is 14.6. The highest BCUT2D eigenvalue weighted by atomic mass is 16.6. The van der Waals surface area contributed by atoms with Crippen LogP contribution in [0.3, 0.4) is 0 Å². The van der Waals surface area contributed by atoms with Crippen LogP contribution in [0.2, 0.25) is 0 Å². The van der Waals surface area contributed by atoms with Gasteiger partial charge in [-0.05, 0) is 12.8 Å². The minimum absolute atomic E-state index is 0.163. The average Bonchev–Trinajstić information content (AvgIpc) is 3.29. The Bertz CT molecular complexity index is 1270. The number of esters is 8. The summed E-state index contributed by atoms with van der Waals surface area (Å²) in [5, 5.41) is 0. The minimum atomic E-state index is -1.37. The van der Waals surface area contributed by atoms with Gasteiger partial charge in [-0.15, -0.1) is 0 Å². The number of carbonyl (C=O) groups excluding carboxylic acids is 8. The van der Waals surface area contributed by atoms with Gasteiger partial charge in [0.05, 0.1) is 0 Å². The first-order valence-electron chi connectivity index (χ1n) is 20.8. The molecule has 0 atom stereocenters. The lowest BCUT2D eigenvalue weighted by Gasteiger charge is -2.31. The van der Waals surface area contributed by atoms with Gasteiger partial charge in [-0.2, -0.15) is 0 Å². The van der Waals surface area contributed by atoms with E-state index in [0.29, 0.717) is 12.8 Å². The third-order valence-electron chi connectivity index (χ3n) is 9.21. The average molecular weight is 875 g/mol. The number of carbonyl (C=O) groups is 8. The minimum Gasteiger partial charge on any atom is -0.465 e. The zero-order chi connectivity index (χ0) is 46.5. The summed E-state index contributed by atoms with van der Waals surface area (Å²) in [5.41, 5.74) is -2.73. The van der Waals surface area contributed by atoms with Crippen molar-refractivity contribution in [2.75, 3.05) is 52.9 Å². The summed E-state index contributed by atoms with van der Waals surface area (Å²) in [6.45, 7) is 17.1. The van der Waals surface area contributed by atoms with Crippen molar-refractivity contribution >= 4 is 47.8 Å². The summed E-state index contributed by atoms with van der Waals surface area (Å²) in [5.74, 6) is -5.55. The molecule has 0 unspecified atom stereocenters. The predicted octanol–water partition coefficient (Wildman–Crippen LogP) is 6.66. The number of hydrogen-bond acceptors (Lipinski definition) is 16. The molecule has 16 heteroatoms. The Morgan fingerprint density at radius 3 is 0.613 bits per heavy atom. The third kappa shape index (κ3) is 28.6. The Balaban J connectivity index is 4.39. The van der Waals surface area contributed by atoms with Crippen molar-refractivity contribution in [1.82, 2.24) is 0 Å². The van der Waals surface area contributed by atoms with Gasteiger partial charge in [-0.1, -0.05) is 117 Å². The largest absolute Gasteiger partial charge is 0.465 e. The quantitative estimate of drug-likeness (QED) is 0.0273. The summed E-state index contributed by atoms with van der Waals surface area (Å²) in [6, 6.07) is 0. The van der Waals surface area contributed by atoms with Gasteiger partial charge in [0.15, 0.2) is 0 Å². The molecule has 0 saturated carbocycles. The molecule has 0 aliphatic rings. The first-order chi connectivity index (χ1) is 29.7. The van der Waals surface area contributed by atoms with E-state index in [1.807, 2.05) is 0 Å². The van der Waals surface area contributed by atoms with Crippen LogP contribution in [0.25, 0.3) is 0 Å². The maximum absolute atomic E-state index is 12.6. The second kappa shape index (κ2) is 34.9. The number of ether oxygens (including phenoxy) is 8. The van der Waals surface area contributed by atoms with Gasteiger partial charge < -0.3 is 37.9 Å². The fraction of sp³-hybridized carbons (Fsp3) is 0.565. The molecule has 0 spiro atoms. The van der Waals surface area contributed by atoms with Gasteiger partial charge in [0.1, 0.15) is 63.7 Å². The highest BCUT2D eigenvalue weighted by Gasteiger charge is 2.38. The van der Waals surface area contributed by atoms with Crippen molar-refractivity contribution in [3.05, 3.63) is 75.9 Å². The van der Waals surface area contributed by atoms with E-state index in [4.69, 9.17) is 37.9 Å². The molecule has 0 aliphatic heterocycles. The highest BCUT2D eigenvalue weighted by molar-refractivity contribution is 5.83. The first kappa shape index (κ1) is 56.2. The van der Waals surface area contributed by atoms with Crippen LogP contribution >= 0.6 is 0 Å². The Kier molecular flexibility index (Phi) is 31.6. The standard InChI is InChI=1S/C46H66O16/c1-7-37(47)55-29-45(30-56-38(48)8-2,31-57-39(49)9-3)35-61-43(53)27-25-23-21-19-17-15-13-14-16-18-20-22-24-26-28-44(54)62-36-46(32-58-40(50)10-4,33-59-41(51)11-5)34-60-42(52)12-6/h7-12H,1-6,13-36H2. The van der Waals surface area contributed by atoms with E-state index in [9.17, 15) is 38.4 Å². The summed E-state index contributed by atoms with van der Waals surface area (Å²) < 4.78 is 41.7. The van der Waals surface area contributed by atoms with Crippen LogP contribution in [0.5, 0.6) is 0 Å².